The second kappa shape index (κ2) is 25.4. The van der Waals surface area contributed by atoms with Gasteiger partial charge in [0.2, 0.25) is 0 Å². The molecule has 0 aromatic rings. The van der Waals surface area contributed by atoms with E-state index in [4.69, 9.17) is 18.9 Å². The lowest BCUT2D eigenvalue weighted by Crippen LogP contribution is -2.51. The number of fused-ring (bicyclic) bond motifs is 20. The summed E-state index contributed by atoms with van der Waals surface area (Å²) in [6, 6.07) is 0. The molecule has 0 aromatic heterocycles. The van der Waals surface area contributed by atoms with Crippen LogP contribution in [0.3, 0.4) is 0 Å². The van der Waals surface area contributed by atoms with Crippen LogP contribution in [0.1, 0.15) is 214 Å². The lowest BCUT2D eigenvalue weighted by Gasteiger charge is -2.58. The van der Waals surface area contributed by atoms with Crippen molar-refractivity contribution in [1.82, 2.24) is 4.90 Å². The number of rotatable bonds is 13. The SMILES string of the molecule is CCCCCCCC/C=C1\CCCCCCCCOCC(CN2CCCCC2)OCCOC(=O)O[C@H]2CC[C@@]3(C)C(=CC[C@H]4[C@@H]5CC[C@H]([C@H]1CCCC(C)C)[C@@]5(C)CC[C@@H]43)C2. The van der Waals surface area contributed by atoms with Gasteiger partial charge >= 0.3 is 6.16 Å². The van der Waals surface area contributed by atoms with Gasteiger partial charge in [-0.2, -0.15) is 0 Å². The van der Waals surface area contributed by atoms with Crippen molar-refractivity contribution in [1.29, 1.82) is 0 Å². The highest BCUT2D eigenvalue weighted by Gasteiger charge is 2.60. The fourth-order valence-electron chi connectivity index (χ4n) is 14.0. The summed E-state index contributed by atoms with van der Waals surface area (Å²) in [6.45, 7) is 17.7. The first-order valence-electron chi connectivity index (χ1n) is 26.8. The standard InChI is InChI=1S/C55H95NO5/c1-6-7-8-9-10-13-17-24-44-25-18-14-11-12-15-21-37-58-42-47(41-56-35-19-16-20-36-56)59-38-39-60-53(57)61-46-31-33-54(4)45(40-46)27-28-49-51-30-29-50(48(44)26-22-23-43(2)3)55(51,5)34-32-52(49)54/h24,27,43,46-52H,6-23,25-26,28-42H2,1-5H3/b44-24+/t46-,47?,48-,49-,50+,51-,52-,54-,55+/m0/s1. The summed E-state index contributed by atoms with van der Waals surface area (Å²) in [5.74, 6) is 4.75. The predicted molar refractivity (Wildman–Crippen MR) is 253 cm³/mol. The van der Waals surface area contributed by atoms with Crippen molar-refractivity contribution in [2.45, 2.75) is 227 Å². The first-order valence-corrected chi connectivity index (χ1v) is 26.8. The highest BCUT2D eigenvalue weighted by atomic mass is 16.7. The monoisotopic (exact) mass is 850 g/mol. The van der Waals surface area contributed by atoms with E-state index in [-0.39, 0.29) is 24.2 Å². The molecule has 0 aromatic carbocycles. The summed E-state index contributed by atoms with van der Waals surface area (Å²) < 4.78 is 24.3. The molecule has 3 aliphatic heterocycles. The topological polar surface area (TPSA) is 57.2 Å². The molecule has 7 aliphatic rings. The summed E-state index contributed by atoms with van der Waals surface area (Å²) in [5, 5.41) is 0. The zero-order chi connectivity index (χ0) is 42.9. The number of nitrogens with zero attached hydrogens (tertiary/aromatic N) is 1. The van der Waals surface area contributed by atoms with E-state index in [9.17, 15) is 4.79 Å². The Morgan fingerprint density at radius 1 is 0.803 bits per heavy atom. The molecule has 5 bridgehead atoms. The first-order chi connectivity index (χ1) is 29.7. The Morgan fingerprint density at radius 3 is 2.38 bits per heavy atom. The Hall–Kier alpha value is -1.37. The van der Waals surface area contributed by atoms with E-state index < -0.39 is 6.16 Å². The number of carbonyl (C=O) groups excluding carboxylic acids is 1. The second-order valence-corrected chi connectivity index (χ2v) is 22.1. The van der Waals surface area contributed by atoms with Crippen molar-refractivity contribution < 1.29 is 23.7 Å². The molecule has 4 aliphatic carbocycles. The van der Waals surface area contributed by atoms with E-state index in [1.54, 1.807) is 5.57 Å². The average molecular weight is 850 g/mol. The molecule has 3 heterocycles. The summed E-state index contributed by atoms with van der Waals surface area (Å²) in [6.07, 6.45) is 41.3. The molecule has 1 unspecified atom stereocenters. The molecular formula is C55H95NO5. The number of hydrogen-bond donors (Lipinski definition) is 0. The Morgan fingerprint density at radius 2 is 1.56 bits per heavy atom. The smallest absolute Gasteiger partial charge is 0.432 e. The molecule has 0 radical (unpaired) electrons. The third kappa shape index (κ3) is 14.1. The lowest BCUT2D eigenvalue weighted by atomic mass is 9.46. The highest BCUT2D eigenvalue weighted by molar-refractivity contribution is 5.60. The quantitative estimate of drug-likeness (QED) is 0.0796. The van der Waals surface area contributed by atoms with E-state index in [0.29, 0.717) is 18.6 Å². The Kier molecular flexibility index (Phi) is 20.4. The van der Waals surface area contributed by atoms with Gasteiger partial charge in [-0.05, 0) is 156 Å². The zero-order valence-corrected chi connectivity index (χ0v) is 40.5. The third-order valence-corrected chi connectivity index (χ3v) is 17.5. The van der Waals surface area contributed by atoms with Crippen molar-refractivity contribution >= 4 is 6.16 Å². The van der Waals surface area contributed by atoms with Crippen molar-refractivity contribution in [3.05, 3.63) is 23.3 Å². The molecule has 6 nitrogen and oxygen atoms in total. The number of piperidine rings is 1. The van der Waals surface area contributed by atoms with Crippen molar-refractivity contribution in [3.8, 4) is 0 Å². The second-order valence-electron chi connectivity index (χ2n) is 22.1. The molecule has 6 fully saturated rings. The Balaban J connectivity index is 1.17. The number of ether oxygens (including phenoxy) is 4. The molecule has 3 saturated heterocycles. The molecule has 350 valence electrons. The molecule has 3 saturated carbocycles. The summed E-state index contributed by atoms with van der Waals surface area (Å²) in [5.41, 5.74) is 4.12. The maximum atomic E-state index is 13.0. The lowest BCUT2D eigenvalue weighted by molar-refractivity contribution is -0.0663. The van der Waals surface area contributed by atoms with Gasteiger partial charge < -0.3 is 23.8 Å². The van der Waals surface area contributed by atoms with Crippen LogP contribution in [0.4, 0.5) is 4.79 Å². The number of allylic oxidation sites excluding steroid dienone is 3. The Bertz CT molecular complexity index is 1340. The van der Waals surface area contributed by atoms with Gasteiger partial charge in [0.15, 0.2) is 0 Å². The van der Waals surface area contributed by atoms with Crippen LogP contribution >= 0.6 is 0 Å². The molecule has 0 amide bonds. The molecule has 0 spiro atoms. The van der Waals surface area contributed by atoms with Gasteiger partial charge in [0.25, 0.3) is 0 Å². The normalized spacial score (nSPS) is 36.1. The first kappa shape index (κ1) is 49.1. The highest BCUT2D eigenvalue weighted by Crippen LogP contribution is 2.68. The largest absolute Gasteiger partial charge is 0.508 e. The molecule has 6 heteroatoms. The summed E-state index contributed by atoms with van der Waals surface area (Å²) >= 11 is 0. The van der Waals surface area contributed by atoms with Gasteiger partial charge in [0.1, 0.15) is 12.7 Å². The van der Waals surface area contributed by atoms with Crippen LogP contribution in [0.5, 0.6) is 0 Å². The van der Waals surface area contributed by atoms with Gasteiger partial charge in [0.05, 0.1) is 19.3 Å². The van der Waals surface area contributed by atoms with E-state index in [1.165, 1.54) is 154 Å². The average Bonchev–Trinajstić information content (AvgIpc) is 3.60. The fourth-order valence-corrected chi connectivity index (χ4v) is 14.0. The molecule has 0 N–H and O–H groups in total. The van der Waals surface area contributed by atoms with Crippen molar-refractivity contribution in [3.63, 3.8) is 0 Å². The summed E-state index contributed by atoms with van der Waals surface area (Å²) in [4.78, 5) is 15.5. The summed E-state index contributed by atoms with van der Waals surface area (Å²) in [7, 11) is 0. The van der Waals surface area contributed by atoms with E-state index in [2.05, 4.69) is 51.7 Å². The van der Waals surface area contributed by atoms with Crippen LogP contribution in [-0.4, -0.2) is 69.3 Å². The van der Waals surface area contributed by atoms with Gasteiger partial charge in [-0.3, -0.25) is 0 Å². The van der Waals surface area contributed by atoms with Crippen molar-refractivity contribution in [2.24, 2.45) is 46.3 Å². The Labute approximate surface area is 375 Å². The van der Waals surface area contributed by atoms with E-state index >= 15 is 0 Å². The number of unbranched alkanes of at least 4 members (excludes halogenated alkanes) is 6. The fraction of sp³-hybridized carbons (Fsp3) is 0.909. The number of hydrogen-bond acceptors (Lipinski definition) is 6. The minimum atomic E-state index is -0.530. The van der Waals surface area contributed by atoms with Crippen LogP contribution < -0.4 is 0 Å². The van der Waals surface area contributed by atoms with E-state index in [1.807, 2.05) is 5.57 Å². The maximum absolute atomic E-state index is 13.0. The van der Waals surface area contributed by atoms with Gasteiger partial charge in [0, 0.05) is 19.6 Å². The minimum Gasteiger partial charge on any atom is -0.432 e. The molecule has 7 rings (SSSR count). The van der Waals surface area contributed by atoms with Crippen LogP contribution in [0.25, 0.3) is 0 Å². The van der Waals surface area contributed by atoms with Crippen LogP contribution in [0.15, 0.2) is 23.3 Å². The molecule has 9 atom stereocenters. The zero-order valence-electron chi connectivity index (χ0n) is 40.5. The van der Waals surface area contributed by atoms with E-state index in [0.717, 1.165) is 87.4 Å². The molecular weight excluding hydrogens is 755 g/mol. The predicted octanol–water partition coefficient (Wildman–Crippen LogP) is 14.8. The third-order valence-electron chi connectivity index (χ3n) is 17.5. The number of carbonyl (C=O) groups is 1. The van der Waals surface area contributed by atoms with Gasteiger partial charge in [-0.15, -0.1) is 0 Å². The van der Waals surface area contributed by atoms with Crippen LogP contribution in [0, 0.1) is 46.3 Å². The maximum Gasteiger partial charge on any atom is 0.508 e. The van der Waals surface area contributed by atoms with Crippen LogP contribution in [-0.2, 0) is 18.9 Å². The van der Waals surface area contributed by atoms with Crippen molar-refractivity contribution in [2.75, 3.05) is 46.1 Å². The van der Waals surface area contributed by atoms with Crippen LogP contribution in [0.2, 0.25) is 0 Å². The van der Waals surface area contributed by atoms with Gasteiger partial charge in [-0.25, -0.2) is 4.79 Å². The van der Waals surface area contributed by atoms with Gasteiger partial charge in [-0.1, -0.05) is 135 Å². The minimum absolute atomic E-state index is 0.00644. The number of likely N-dealkylation sites (tertiary alicyclic amines) is 1. The molecule has 61 heavy (non-hydrogen) atoms.